The number of piperidine rings is 1. The first kappa shape index (κ1) is 11.7. The Balaban J connectivity index is 1.95. The molecular formula is C12H18N4O. The van der Waals surface area contributed by atoms with Crippen LogP contribution in [0.25, 0.3) is 0 Å². The highest BCUT2D eigenvalue weighted by Crippen LogP contribution is 2.18. The van der Waals surface area contributed by atoms with Gasteiger partial charge in [-0.3, -0.25) is 5.32 Å². The van der Waals surface area contributed by atoms with Crippen molar-refractivity contribution in [3.05, 3.63) is 18.3 Å². The van der Waals surface area contributed by atoms with Gasteiger partial charge in [-0.15, -0.1) is 0 Å². The van der Waals surface area contributed by atoms with Crippen LogP contribution in [0.1, 0.15) is 19.8 Å². The minimum absolute atomic E-state index is 0.109. The number of pyridine rings is 1. The van der Waals surface area contributed by atoms with E-state index in [0.717, 1.165) is 25.9 Å². The Hall–Kier alpha value is -1.78. The zero-order valence-corrected chi connectivity index (χ0v) is 10.0. The lowest BCUT2D eigenvalue weighted by atomic mass is 10.00. The average molecular weight is 234 g/mol. The predicted molar refractivity (Wildman–Crippen MR) is 67.6 cm³/mol. The number of nitrogens with two attached hydrogens (primary N) is 1. The molecule has 1 aromatic heterocycles. The normalized spacial score (nSPS) is 16.9. The number of nitrogens with one attached hydrogen (secondary N) is 1. The van der Waals surface area contributed by atoms with E-state index in [9.17, 15) is 4.79 Å². The number of nitrogen functional groups attached to an aromatic ring is 1. The summed E-state index contributed by atoms with van der Waals surface area (Å²) in [6.07, 6.45) is 3.74. The van der Waals surface area contributed by atoms with E-state index in [1.807, 2.05) is 4.90 Å². The molecule has 0 spiro atoms. The van der Waals surface area contributed by atoms with E-state index < -0.39 is 0 Å². The topological polar surface area (TPSA) is 71.2 Å². The summed E-state index contributed by atoms with van der Waals surface area (Å²) in [6, 6.07) is 3.36. The van der Waals surface area contributed by atoms with Crippen LogP contribution in [0.15, 0.2) is 18.3 Å². The number of urea groups is 1. The second-order valence-corrected chi connectivity index (χ2v) is 4.54. The summed E-state index contributed by atoms with van der Waals surface area (Å²) in [5.74, 6) is 1.15. The zero-order chi connectivity index (χ0) is 12.3. The van der Waals surface area contributed by atoms with Gasteiger partial charge in [0.25, 0.3) is 0 Å². The summed E-state index contributed by atoms with van der Waals surface area (Å²) in [5, 5.41) is 2.75. The van der Waals surface area contributed by atoms with Crippen LogP contribution < -0.4 is 11.1 Å². The summed E-state index contributed by atoms with van der Waals surface area (Å²) >= 11 is 0. The fraction of sp³-hybridized carbons (Fsp3) is 0.500. The van der Waals surface area contributed by atoms with Crippen molar-refractivity contribution >= 4 is 17.5 Å². The molecule has 1 saturated heterocycles. The van der Waals surface area contributed by atoms with Crippen LogP contribution in [0, 0.1) is 5.92 Å². The Morgan fingerprint density at radius 2 is 2.24 bits per heavy atom. The van der Waals surface area contributed by atoms with E-state index in [1.54, 1.807) is 18.3 Å². The van der Waals surface area contributed by atoms with Crippen molar-refractivity contribution in [2.24, 2.45) is 5.92 Å². The Morgan fingerprint density at radius 1 is 1.53 bits per heavy atom. The highest BCUT2D eigenvalue weighted by atomic mass is 16.2. The maximum absolute atomic E-state index is 11.9. The smallest absolute Gasteiger partial charge is 0.323 e. The third kappa shape index (κ3) is 2.87. The lowest BCUT2D eigenvalue weighted by Crippen LogP contribution is -2.40. The van der Waals surface area contributed by atoms with Crippen LogP contribution in [0.2, 0.25) is 0 Å². The van der Waals surface area contributed by atoms with E-state index in [4.69, 9.17) is 5.73 Å². The van der Waals surface area contributed by atoms with E-state index in [1.165, 1.54) is 0 Å². The number of anilines is 2. The first-order valence-electron chi connectivity index (χ1n) is 5.93. The number of nitrogens with zero attached hydrogens (tertiary/aromatic N) is 2. The molecule has 0 bridgehead atoms. The molecular weight excluding hydrogens is 216 g/mol. The fourth-order valence-electron chi connectivity index (χ4n) is 1.91. The molecule has 5 nitrogen and oxygen atoms in total. The highest BCUT2D eigenvalue weighted by Gasteiger charge is 2.20. The SMILES string of the molecule is CC1CCN(C(=O)Nc2ncccc2N)CC1. The van der Waals surface area contributed by atoms with Crippen molar-refractivity contribution in [3.8, 4) is 0 Å². The molecule has 0 aromatic carbocycles. The standard InChI is InChI=1S/C12H18N4O/c1-9-4-7-16(8-5-9)12(17)15-11-10(13)3-2-6-14-11/h2-3,6,9H,4-5,7-8,13H2,1H3,(H,14,15,17). The molecule has 1 aliphatic rings. The number of hydrogen-bond acceptors (Lipinski definition) is 3. The summed E-state index contributed by atoms with van der Waals surface area (Å²) in [4.78, 5) is 17.8. The number of likely N-dealkylation sites (tertiary alicyclic amines) is 1. The van der Waals surface area contributed by atoms with Gasteiger partial charge in [-0.2, -0.15) is 0 Å². The number of amides is 2. The lowest BCUT2D eigenvalue weighted by Gasteiger charge is -2.30. The summed E-state index contributed by atoms with van der Waals surface area (Å²) in [5.41, 5.74) is 6.22. The van der Waals surface area contributed by atoms with Gasteiger partial charge >= 0.3 is 6.03 Å². The first-order chi connectivity index (χ1) is 8.16. The molecule has 1 aromatic rings. The summed E-state index contributed by atoms with van der Waals surface area (Å²) in [6.45, 7) is 3.82. The van der Waals surface area contributed by atoms with Gasteiger partial charge < -0.3 is 10.6 Å². The maximum atomic E-state index is 11.9. The molecule has 2 amide bonds. The van der Waals surface area contributed by atoms with Crippen molar-refractivity contribution in [1.82, 2.24) is 9.88 Å². The molecule has 5 heteroatoms. The Bertz CT molecular complexity index is 399. The molecule has 92 valence electrons. The van der Waals surface area contributed by atoms with Crippen LogP contribution in [0.5, 0.6) is 0 Å². The van der Waals surface area contributed by atoms with Crippen molar-refractivity contribution in [2.45, 2.75) is 19.8 Å². The molecule has 0 unspecified atom stereocenters. The van der Waals surface area contributed by atoms with Gasteiger partial charge in [0, 0.05) is 19.3 Å². The Morgan fingerprint density at radius 3 is 2.88 bits per heavy atom. The second kappa shape index (κ2) is 5.03. The first-order valence-corrected chi connectivity index (χ1v) is 5.93. The zero-order valence-electron chi connectivity index (χ0n) is 10.0. The number of carbonyl (C=O) groups is 1. The van der Waals surface area contributed by atoms with Crippen molar-refractivity contribution < 1.29 is 4.79 Å². The number of aromatic nitrogens is 1. The molecule has 3 N–H and O–H groups in total. The van der Waals surface area contributed by atoms with Gasteiger partial charge in [-0.25, -0.2) is 9.78 Å². The molecule has 2 heterocycles. The van der Waals surface area contributed by atoms with Crippen LogP contribution in [0.3, 0.4) is 0 Å². The van der Waals surface area contributed by atoms with Gasteiger partial charge in [-0.05, 0) is 30.9 Å². The Labute approximate surface area is 101 Å². The van der Waals surface area contributed by atoms with E-state index in [0.29, 0.717) is 17.4 Å². The fourth-order valence-corrected chi connectivity index (χ4v) is 1.91. The van der Waals surface area contributed by atoms with Crippen molar-refractivity contribution in [3.63, 3.8) is 0 Å². The van der Waals surface area contributed by atoms with E-state index in [2.05, 4.69) is 17.2 Å². The number of rotatable bonds is 1. The van der Waals surface area contributed by atoms with Crippen LogP contribution in [-0.4, -0.2) is 29.0 Å². The monoisotopic (exact) mass is 234 g/mol. The van der Waals surface area contributed by atoms with Gasteiger partial charge in [0.1, 0.15) is 0 Å². The molecule has 0 radical (unpaired) electrons. The maximum Gasteiger partial charge on any atom is 0.323 e. The van der Waals surface area contributed by atoms with Gasteiger partial charge in [0.15, 0.2) is 5.82 Å². The molecule has 0 aliphatic carbocycles. The van der Waals surface area contributed by atoms with Gasteiger partial charge in [-0.1, -0.05) is 6.92 Å². The lowest BCUT2D eigenvalue weighted by molar-refractivity contribution is 0.186. The average Bonchev–Trinajstić information content (AvgIpc) is 2.33. The Kier molecular flexibility index (Phi) is 3.46. The minimum Gasteiger partial charge on any atom is -0.396 e. The van der Waals surface area contributed by atoms with Crippen LogP contribution >= 0.6 is 0 Å². The molecule has 1 fully saturated rings. The molecule has 0 atom stereocenters. The van der Waals surface area contributed by atoms with Gasteiger partial charge in [0.05, 0.1) is 5.69 Å². The molecule has 2 rings (SSSR count). The minimum atomic E-state index is -0.109. The summed E-state index contributed by atoms with van der Waals surface area (Å²) < 4.78 is 0. The third-order valence-corrected chi connectivity index (χ3v) is 3.14. The van der Waals surface area contributed by atoms with Crippen molar-refractivity contribution in [2.75, 3.05) is 24.1 Å². The highest BCUT2D eigenvalue weighted by molar-refractivity contribution is 5.91. The van der Waals surface area contributed by atoms with E-state index >= 15 is 0 Å². The number of hydrogen-bond donors (Lipinski definition) is 2. The molecule has 17 heavy (non-hydrogen) atoms. The number of carbonyl (C=O) groups excluding carboxylic acids is 1. The second-order valence-electron chi connectivity index (χ2n) is 4.54. The van der Waals surface area contributed by atoms with Crippen LogP contribution in [-0.2, 0) is 0 Å². The van der Waals surface area contributed by atoms with Gasteiger partial charge in [0.2, 0.25) is 0 Å². The van der Waals surface area contributed by atoms with E-state index in [-0.39, 0.29) is 6.03 Å². The van der Waals surface area contributed by atoms with Crippen LogP contribution in [0.4, 0.5) is 16.3 Å². The quantitative estimate of drug-likeness (QED) is 0.780. The largest absolute Gasteiger partial charge is 0.396 e. The third-order valence-electron chi connectivity index (χ3n) is 3.14. The molecule has 0 saturated carbocycles. The van der Waals surface area contributed by atoms with Crippen molar-refractivity contribution in [1.29, 1.82) is 0 Å². The predicted octanol–water partition coefficient (Wildman–Crippen LogP) is 1.93. The molecule has 1 aliphatic heterocycles. The summed E-state index contributed by atoms with van der Waals surface area (Å²) in [7, 11) is 0.